The van der Waals surface area contributed by atoms with Crippen LogP contribution >= 0.6 is 11.6 Å². The van der Waals surface area contributed by atoms with Crippen LogP contribution in [0, 0.1) is 0 Å². The number of nitrogen functional groups attached to an aromatic ring is 1. The Kier molecular flexibility index (Phi) is 6.10. The minimum Gasteiger partial charge on any atom is -0.399 e. The number of nitrogens with one attached hydrogen (secondary N) is 1. The first-order valence-electron chi connectivity index (χ1n) is 9.65. The molecule has 1 aromatic heterocycles. The van der Waals surface area contributed by atoms with Crippen molar-refractivity contribution in [3.8, 4) is 11.3 Å². The van der Waals surface area contributed by atoms with Gasteiger partial charge in [-0.05, 0) is 42.0 Å². The van der Waals surface area contributed by atoms with Crippen molar-refractivity contribution < 1.29 is 4.79 Å². The number of anilines is 1. The van der Waals surface area contributed by atoms with Crippen LogP contribution in [0.4, 0.5) is 5.69 Å². The molecule has 3 N–H and O–H groups in total. The number of halogens is 1. The fraction of sp³-hybridized carbons (Fsp3) is 0.0417. The van der Waals surface area contributed by atoms with E-state index >= 15 is 0 Å². The normalized spacial score (nSPS) is 11.0. The van der Waals surface area contributed by atoms with Gasteiger partial charge in [0, 0.05) is 33.6 Å². The SMILES string of the molecule is Nc1ccc(C(=O)NN=Cc2cn(Cc3ccc(Cl)cc3)nc2-c2ccccc2)cc1. The smallest absolute Gasteiger partial charge is 0.271 e. The molecule has 154 valence electrons. The molecule has 0 spiro atoms. The minimum atomic E-state index is -0.314. The number of hydrogen-bond acceptors (Lipinski definition) is 4. The third-order valence-electron chi connectivity index (χ3n) is 4.64. The van der Waals surface area contributed by atoms with Crippen LogP contribution in [0.5, 0.6) is 0 Å². The molecular weight excluding hydrogens is 410 g/mol. The van der Waals surface area contributed by atoms with Crippen molar-refractivity contribution in [2.45, 2.75) is 6.54 Å². The number of carbonyl (C=O) groups excluding carboxylic acids is 1. The van der Waals surface area contributed by atoms with Crippen LogP contribution in [0.1, 0.15) is 21.5 Å². The molecule has 0 unspecified atom stereocenters. The van der Waals surface area contributed by atoms with Gasteiger partial charge in [-0.25, -0.2) is 5.43 Å². The zero-order valence-electron chi connectivity index (χ0n) is 16.6. The molecule has 1 amide bonds. The van der Waals surface area contributed by atoms with Crippen LogP contribution < -0.4 is 11.2 Å². The van der Waals surface area contributed by atoms with Gasteiger partial charge in [0.15, 0.2) is 0 Å². The minimum absolute atomic E-state index is 0.314. The molecule has 31 heavy (non-hydrogen) atoms. The molecule has 1 heterocycles. The van der Waals surface area contributed by atoms with E-state index in [0.29, 0.717) is 22.8 Å². The maximum Gasteiger partial charge on any atom is 0.271 e. The molecular formula is C24H20ClN5O. The fourth-order valence-electron chi connectivity index (χ4n) is 3.07. The highest BCUT2D eigenvalue weighted by molar-refractivity contribution is 6.30. The second-order valence-electron chi connectivity index (χ2n) is 6.94. The van der Waals surface area contributed by atoms with Gasteiger partial charge in [-0.3, -0.25) is 9.48 Å². The average Bonchev–Trinajstić information content (AvgIpc) is 3.19. The third kappa shape index (κ3) is 5.18. The number of hydrogen-bond donors (Lipinski definition) is 2. The number of aromatic nitrogens is 2. The molecule has 0 fully saturated rings. The first-order valence-corrected chi connectivity index (χ1v) is 10.0. The number of rotatable bonds is 6. The lowest BCUT2D eigenvalue weighted by Gasteiger charge is -2.02. The highest BCUT2D eigenvalue weighted by atomic mass is 35.5. The summed E-state index contributed by atoms with van der Waals surface area (Å²) >= 11 is 5.98. The van der Waals surface area contributed by atoms with Gasteiger partial charge in [0.2, 0.25) is 0 Å². The second kappa shape index (κ2) is 9.28. The Bertz CT molecular complexity index is 1200. The van der Waals surface area contributed by atoms with Crippen molar-refractivity contribution >= 4 is 29.4 Å². The van der Waals surface area contributed by atoms with Crippen LogP contribution in [0.3, 0.4) is 0 Å². The van der Waals surface area contributed by atoms with Crippen molar-refractivity contribution in [2.24, 2.45) is 5.10 Å². The summed E-state index contributed by atoms with van der Waals surface area (Å²) in [5, 5.41) is 9.55. The number of benzene rings is 3. The van der Waals surface area contributed by atoms with Crippen LogP contribution in [0.25, 0.3) is 11.3 Å². The molecule has 0 bridgehead atoms. The van der Waals surface area contributed by atoms with E-state index in [2.05, 4.69) is 10.5 Å². The second-order valence-corrected chi connectivity index (χ2v) is 7.38. The summed E-state index contributed by atoms with van der Waals surface area (Å²) in [4.78, 5) is 12.3. The molecule has 3 aromatic carbocycles. The lowest BCUT2D eigenvalue weighted by Crippen LogP contribution is -2.17. The number of nitrogens with zero attached hydrogens (tertiary/aromatic N) is 3. The molecule has 6 nitrogen and oxygen atoms in total. The molecule has 0 aliphatic heterocycles. The van der Waals surface area contributed by atoms with E-state index in [1.54, 1.807) is 30.5 Å². The number of hydrazone groups is 1. The van der Waals surface area contributed by atoms with Crippen molar-refractivity contribution in [1.29, 1.82) is 0 Å². The Labute approximate surface area is 185 Å². The summed E-state index contributed by atoms with van der Waals surface area (Å²) in [5.41, 5.74) is 12.9. The fourth-order valence-corrected chi connectivity index (χ4v) is 3.19. The van der Waals surface area contributed by atoms with E-state index in [4.69, 9.17) is 22.4 Å². The Morgan fingerprint density at radius 1 is 1.03 bits per heavy atom. The summed E-state index contributed by atoms with van der Waals surface area (Å²) in [7, 11) is 0. The Hall–Kier alpha value is -3.90. The predicted molar refractivity (Wildman–Crippen MR) is 124 cm³/mol. The maximum absolute atomic E-state index is 12.3. The summed E-state index contributed by atoms with van der Waals surface area (Å²) in [6.45, 7) is 0.586. The molecule has 0 saturated carbocycles. The maximum atomic E-state index is 12.3. The van der Waals surface area contributed by atoms with Crippen LogP contribution in [0.15, 0.2) is 90.2 Å². The van der Waals surface area contributed by atoms with Crippen molar-refractivity contribution in [3.63, 3.8) is 0 Å². The Morgan fingerprint density at radius 2 is 1.74 bits per heavy atom. The first-order chi connectivity index (χ1) is 15.1. The van der Waals surface area contributed by atoms with Crippen LogP contribution in [0.2, 0.25) is 5.02 Å². The van der Waals surface area contributed by atoms with E-state index in [9.17, 15) is 4.79 Å². The van der Waals surface area contributed by atoms with Gasteiger partial charge in [0.05, 0.1) is 12.8 Å². The predicted octanol–water partition coefficient (Wildman–Crippen LogP) is 4.60. The molecule has 0 aliphatic carbocycles. The monoisotopic (exact) mass is 429 g/mol. The lowest BCUT2D eigenvalue weighted by molar-refractivity contribution is 0.0955. The van der Waals surface area contributed by atoms with Crippen molar-refractivity contribution in [2.75, 3.05) is 5.73 Å². The Morgan fingerprint density at radius 3 is 2.45 bits per heavy atom. The van der Waals surface area contributed by atoms with Gasteiger partial charge in [0.25, 0.3) is 5.91 Å². The molecule has 0 saturated heterocycles. The van der Waals surface area contributed by atoms with Crippen LogP contribution in [-0.2, 0) is 6.54 Å². The summed E-state index contributed by atoms with van der Waals surface area (Å²) in [5.74, 6) is -0.314. The largest absolute Gasteiger partial charge is 0.399 e. The standard InChI is InChI=1S/C24H20ClN5O/c25-21-10-6-17(7-11-21)15-30-16-20(23(29-30)18-4-2-1-3-5-18)14-27-28-24(31)19-8-12-22(26)13-9-19/h1-14,16H,15,26H2,(H,28,31). The quantitative estimate of drug-likeness (QED) is 0.267. The van der Waals surface area contributed by atoms with Gasteiger partial charge < -0.3 is 5.73 Å². The first kappa shape index (κ1) is 20.4. The topological polar surface area (TPSA) is 85.3 Å². The Balaban J connectivity index is 1.56. The number of carbonyl (C=O) groups is 1. The number of amides is 1. The van der Waals surface area contributed by atoms with Crippen molar-refractivity contribution in [1.82, 2.24) is 15.2 Å². The van der Waals surface area contributed by atoms with E-state index < -0.39 is 0 Å². The van der Waals surface area contributed by atoms with E-state index in [1.807, 2.05) is 65.5 Å². The van der Waals surface area contributed by atoms with Crippen LogP contribution in [-0.4, -0.2) is 21.9 Å². The zero-order valence-corrected chi connectivity index (χ0v) is 17.3. The molecule has 4 aromatic rings. The highest BCUT2D eigenvalue weighted by Crippen LogP contribution is 2.21. The van der Waals surface area contributed by atoms with Gasteiger partial charge in [-0.2, -0.15) is 10.2 Å². The lowest BCUT2D eigenvalue weighted by atomic mass is 10.1. The van der Waals surface area contributed by atoms with Crippen molar-refractivity contribution in [3.05, 3.63) is 107 Å². The third-order valence-corrected chi connectivity index (χ3v) is 4.89. The molecule has 0 aliphatic rings. The summed E-state index contributed by atoms with van der Waals surface area (Å²) in [6.07, 6.45) is 3.50. The van der Waals surface area contributed by atoms with E-state index in [0.717, 1.165) is 22.4 Å². The van der Waals surface area contributed by atoms with Gasteiger partial charge >= 0.3 is 0 Å². The molecule has 4 rings (SSSR count). The highest BCUT2D eigenvalue weighted by Gasteiger charge is 2.11. The average molecular weight is 430 g/mol. The van der Waals surface area contributed by atoms with Gasteiger partial charge in [-0.15, -0.1) is 0 Å². The number of nitrogens with two attached hydrogens (primary N) is 1. The summed E-state index contributed by atoms with van der Waals surface area (Å²) in [6, 6.07) is 24.1. The molecule has 0 atom stereocenters. The summed E-state index contributed by atoms with van der Waals surface area (Å²) < 4.78 is 1.84. The van der Waals surface area contributed by atoms with Gasteiger partial charge in [-0.1, -0.05) is 54.1 Å². The van der Waals surface area contributed by atoms with E-state index in [-0.39, 0.29) is 5.91 Å². The van der Waals surface area contributed by atoms with Gasteiger partial charge in [0.1, 0.15) is 5.69 Å². The molecule has 0 radical (unpaired) electrons. The molecule has 7 heteroatoms. The zero-order chi connectivity index (χ0) is 21.6. The van der Waals surface area contributed by atoms with E-state index in [1.165, 1.54) is 0 Å².